The van der Waals surface area contributed by atoms with Crippen molar-refractivity contribution in [2.45, 2.75) is 11.6 Å². The van der Waals surface area contributed by atoms with Gasteiger partial charge in [-0.2, -0.15) is 0 Å². The number of aldehydes is 1. The van der Waals surface area contributed by atoms with Gasteiger partial charge in [0.2, 0.25) is 0 Å². The highest BCUT2D eigenvalue weighted by Crippen LogP contribution is 2.37. The summed E-state index contributed by atoms with van der Waals surface area (Å²) in [6.07, 6.45) is 2.78. The molecule has 0 radical (unpaired) electrons. The standard InChI is InChI=1S/C20H23N3O/c1-21-16-22(2)20(15-24)13-23(14-20)19(17-9-5-3-6-10-17)18-11-7-4-8-12-18/h3-12,15-16,19H,13-14H2,1-2H3. The fraction of sp³-hybridized carbons (Fsp3) is 0.300. The molecule has 4 nitrogen and oxygen atoms in total. The third-order valence-corrected chi connectivity index (χ3v) is 4.76. The number of carbonyl (C=O) groups excluding carboxylic acids is 1. The summed E-state index contributed by atoms with van der Waals surface area (Å²) in [5.41, 5.74) is 2.01. The van der Waals surface area contributed by atoms with Gasteiger partial charge in [-0.1, -0.05) is 60.7 Å². The number of aliphatic imine (C=N–C) groups is 1. The minimum absolute atomic E-state index is 0.160. The van der Waals surface area contributed by atoms with Crippen LogP contribution in [0.5, 0.6) is 0 Å². The number of hydrogen-bond donors (Lipinski definition) is 0. The van der Waals surface area contributed by atoms with Crippen LogP contribution < -0.4 is 0 Å². The summed E-state index contributed by atoms with van der Waals surface area (Å²) in [5, 5.41) is 0. The maximum atomic E-state index is 11.7. The Labute approximate surface area is 143 Å². The van der Waals surface area contributed by atoms with E-state index in [1.54, 1.807) is 13.4 Å². The zero-order valence-corrected chi connectivity index (χ0v) is 14.2. The summed E-state index contributed by atoms with van der Waals surface area (Å²) in [6.45, 7) is 1.38. The number of likely N-dealkylation sites (tertiary alicyclic amines) is 1. The molecule has 0 bridgehead atoms. The summed E-state index contributed by atoms with van der Waals surface area (Å²) in [7, 11) is 3.64. The zero-order chi connectivity index (χ0) is 17.0. The molecule has 0 amide bonds. The number of hydrogen-bond acceptors (Lipinski definition) is 3. The number of benzene rings is 2. The van der Waals surface area contributed by atoms with E-state index in [1.807, 2.05) is 24.1 Å². The summed E-state index contributed by atoms with van der Waals surface area (Å²) >= 11 is 0. The second-order valence-corrected chi connectivity index (χ2v) is 6.33. The van der Waals surface area contributed by atoms with Gasteiger partial charge in [0.1, 0.15) is 11.8 Å². The summed E-state index contributed by atoms with van der Waals surface area (Å²) in [4.78, 5) is 20.0. The molecule has 0 N–H and O–H groups in total. The van der Waals surface area contributed by atoms with Crippen LogP contribution >= 0.6 is 0 Å². The normalized spacial score (nSPS) is 17.0. The fourth-order valence-electron chi connectivity index (χ4n) is 3.39. The van der Waals surface area contributed by atoms with Gasteiger partial charge in [0.15, 0.2) is 0 Å². The van der Waals surface area contributed by atoms with Crippen molar-refractivity contribution in [2.24, 2.45) is 4.99 Å². The number of rotatable bonds is 6. The highest BCUT2D eigenvalue weighted by Gasteiger charge is 2.48. The second-order valence-electron chi connectivity index (χ2n) is 6.33. The van der Waals surface area contributed by atoms with Gasteiger partial charge < -0.3 is 9.69 Å². The van der Waals surface area contributed by atoms with Crippen LogP contribution in [0.1, 0.15) is 17.2 Å². The highest BCUT2D eigenvalue weighted by atomic mass is 16.1. The van der Waals surface area contributed by atoms with Crippen LogP contribution in [0.2, 0.25) is 0 Å². The molecule has 24 heavy (non-hydrogen) atoms. The fourth-order valence-corrected chi connectivity index (χ4v) is 3.39. The third kappa shape index (κ3) is 2.97. The molecule has 0 aliphatic carbocycles. The van der Waals surface area contributed by atoms with Crippen molar-refractivity contribution in [3.05, 3.63) is 71.8 Å². The van der Waals surface area contributed by atoms with E-state index in [0.29, 0.717) is 13.1 Å². The largest absolute Gasteiger partial charge is 0.351 e. The van der Waals surface area contributed by atoms with Crippen LogP contribution in [-0.2, 0) is 4.79 Å². The van der Waals surface area contributed by atoms with Crippen LogP contribution in [0, 0.1) is 0 Å². The lowest BCUT2D eigenvalue weighted by Crippen LogP contribution is -2.70. The highest BCUT2D eigenvalue weighted by molar-refractivity contribution is 5.73. The molecule has 2 aromatic rings. The molecule has 0 saturated carbocycles. The van der Waals surface area contributed by atoms with Gasteiger partial charge in [0, 0.05) is 27.2 Å². The molecular formula is C20H23N3O. The molecule has 1 aliphatic rings. The van der Waals surface area contributed by atoms with Gasteiger partial charge in [-0.3, -0.25) is 9.89 Å². The maximum absolute atomic E-state index is 11.7. The van der Waals surface area contributed by atoms with E-state index in [4.69, 9.17) is 0 Å². The smallest absolute Gasteiger partial charge is 0.148 e. The molecule has 1 saturated heterocycles. The molecule has 1 aliphatic heterocycles. The Morgan fingerprint density at radius 2 is 1.54 bits per heavy atom. The molecule has 1 fully saturated rings. The van der Waals surface area contributed by atoms with Crippen molar-refractivity contribution in [1.29, 1.82) is 0 Å². The van der Waals surface area contributed by atoms with Crippen molar-refractivity contribution in [3.63, 3.8) is 0 Å². The molecule has 0 atom stereocenters. The van der Waals surface area contributed by atoms with Gasteiger partial charge in [-0.15, -0.1) is 0 Å². The van der Waals surface area contributed by atoms with Crippen LogP contribution in [0.25, 0.3) is 0 Å². The van der Waals surface area contributed by atoms with Crippen molar-refractivity contribution >= 4 is 12.6 Å². The predicted molar refractivity (Wildman–Crippen MR) is 97.3 cm³/mol. The van der Waals surface area contributed by atoms with Crippen molar-refractivity contribution in [3.8, 4) is 0 Å². The Bertz CT molecular complexity index is 654. The number of nitrogens with zero attached hydrogens (tertiary/aromatic N) is 3. The summed E-state index contributed by atoms with van der Waals surface area (Å²) in [5.74, 6) is 0. The summed E-state index contributed by atoms with van der Waals surface area (Å²) in [6, 6.07) is 21.1. The van der Waals surface area contributed by atoms with Crippen molar-refractivity contribution < 1.29 is 4.79 Å². The van der Waals surface area contributed by atoms with Gasteiger partial charge >= 0.3 is 0 Å². The monoisotopic (exact) mass is 321 g/mol. The first-order valence-corrected chi connectivity index (χ1v) is 8.16. The molecule has 0 aromatic heterocycles. The first kappa shape index (κ1) is 16.4. The van der Waals surface area contributed by atoms with E-state index >= 15 is 0 Å². The molecule has 2 aromatic carbocycles. The Hall–Kier alpha value is -2.46. The lowest BCUT2D eigenvalue weighted by atomic mass is 9.85. The first-order chi connectivity index (χ1) is 11.7. The van der Waals surface area contributed by atoms with Crippen LogP contribution in [0.15, 0.2) is 65.7 Å². The van der Waals surface area contributed by atoms with E-state index in [1.165, 1.54) is 11.1 Å². The average molecular weight is 321 g/mol. The molecule has 1 heterocycles. The molecule has 0 spiro atoms. The van der Waals surface area contributed by atoms with Crippen LogP contribution in [-0.4, -0.2) is 55.1 Å². The van der Waals surface area contributed by atoms with Gasteiger partial charge in [-0.05, 0) is 11.1 Å². The Balaban J connectivity index is 1.88. The molecule has 3 rings (SSSR count). The van der Waals surface area contributed by atoms with E-state index in [-0.39, 0.29) is 6.04 Å². The van der Waals surface area contributed by atoms with E-state index in [2.05, 4.69) is 58.4 Å². The second kappa shape index (κ2) is 6.97. The van der Waals surface area contributed by atoms with Crippen LogP contribution in [0.3, 0.4) is 0 Å². The lowest BCUT2D eigenvalue weighted by molar-refractivity contribution is -0.126. The summed E-state index contributed by atoms with van der Waals surface area (Å²) < 4.78 is 0. The Morgan fingerprint density at radius 1 is 1.04 bits per heavy atom. The van der Waals surface area contributed by atoms with E-state index < -0.39 is 5.54 Å². The van der Waals surface area contributed by atoms with E-state index in [9.17, 15) is 4.79 Å². The van der Waals surface area contributed by atoms with Crippen LogP contribution in [0.4, 0.5) is 0 Å². The molecule has 4 heteroatoms. The minimum atomic E-state index is -0.485. The van der Waals surface area contributed by atoms with Crippen molar-refractivity contribution in [1.82, 2.24) is 9.80 Å². The lowest BCUT2D eigenvalue weighted by Gasteiger charge is -2.53. The first-order valence-electron chi connectivity index (χ1n) is 8.16. The molecule has 124 valence electrons. The third-order valence-electron chi connectivity index (χ3n) is 4.76. The van der Waals surface area contributed by atoms with Crippen molar-refractivity contribution in [2.75, 3.05) is 27.2 Å². The number of carbonyl (C=O) groups is 1. The van der Waals surface area contributed by atoms with Gasteiger partial charge in [-0.25, -0.2) is 0 Å². The van der Waals surface area contributed by atoms with Gasteiger partial charge in [0.05, 0.1) is 12.4 Å². The Morgan fingerprint density at radius 3 is 1.96 bits per heavy atom. The maximum Gasteiger partial charge on any atom is 0.148 e. The average Bonchev–Trinajstić information content (AvgIpc) is 2.59. The number of likely N-dealkylation sites (N-methyl/N-ethyl adjacent to an activating group) is 1. The Kier molecular flexibility index (Phi) is 4.76. The topological polar surface area (TPSA) is 35.9 Å². The van der Waals surface area contributed by atoms with E-state index in [0.717, 1.165) is 6.29 Å². The SMILES string of the molecule is CN=CN(C)C1(C=O)CN(C(c2ccccc2)c2ccccc2)C1. The van der Waals surface area contributed by atoms with Gasteiger partial charge in [0.25, 0.3) is 0 Å². The zero-order valence-electron chi connectivity index (χ0n) is 14.2. The molecular weight excluding hydrogens is 298 g/mol. The molecule has 0 unspecified atom stereocenters. The minimum Gasteiger partial charge on any atom is -0.351 e. The quantitative estimate of drug-likeness (QED) is 0.466. The predicted octanol–water partition coefficient (Wildman–Crippen LogP) is 2.62.